The number of halogens is 1. The summed E-state index contributed by atoms with van der Waals surface area (Å²) >= 11 is 0. The molecule has 0 amide bonds. The standard InChI is InChI=1S/C25H29FN2/c1-3-19-13-22(14-20-7-5-4-6-8-20)18(2)28(17-19)12-11-21-16-27-25-10-9-23(26)15-24(21)25/h3-10,15-16,18-19,22,27H,1,11-14,17H2,2H3. The summed E-state index contributed by atoms with van der Waals surface area (Å²) in [6.45, 7) is 8.48. The van der Waals surface area contributed by atoms with Crippen LogP contribution in [0.2, 0.25) is 0 Å². The van der Waals surface area contributed by atoms with Crippen molar-refractivity contribution in [3.8, 4) is 0 Å². The van der Waals surface area contributed by atoms with Crippen LogP contribution in [0.5, 0.6) is 0 Å². The average molecular weight is 377 g/mol. The van der Waals surface area contributed by atoms with Crippen LogP contribution in [-0.4, -0.2) is 29.0 Å². The van der Waals surface area contributed by atoms with Gasteiger partial charge in [-0.15, -0.1) is 6.58 Å². The minimum absolute atomic E-state index is 0.172. The number of likely N-dealkylation sites (tertiary alicyclic amines) is 1. The molecule has 1 aliphatic rings. The van der Waals surface area contributed by atoms with Crippen LogP contribution in [0.4, 0.5) is 4.39 Å². The van der Waals surface area contributed by atoms with Gasteiger partial charge in [0.25, 0.3) is 0 Å². The van der Waals surface area contributed by atoms with Gasteiger partial charge in [0.15, 0.2) is 0 Å². The number of aromatic nitrogens is 1. The molecule has 2 heterocycles. The summed E-state index contributed by atoms with van der Waals surface area (Å²) in [7, 11) is 0. The van der Waals surface area contributed by atoms with Gasteiger partial charge in [-0.25, -0.2) is 4.39 Å². The van der Waals surface area contributed by atoms with Crippen molar-refractivity contribution >= 4 is 10.9 Å². The lowest BCUT2D eigenvalue weighted by molar-refractivity contribution is 0.0817. The van der Waals surface area contributed by atoms with Crippen LogP contribution < -0.4 is 0 Å². The molecule has 4 rings (SSSR count). The summed E-state index contributed by atoms with van der Waals surface area (Å²) in [5, 5.41) is 1.01. The molecule has 1 fully saturated rings. The molecule has 1 aromatic heterocycles. The van der Waals surface area contributed by atoms with Crippen molar-refractivity contribution in [2.24, 2.45) is 11.8 Å². The summed E-state index contributed by atoms with van der Waals surface area (Å²) in [6, 6.07) is 16.3. The average Bonchev–Trinajstić information content (AvgIpc) is 3.11. The normalized spacial score (nSPS) is 23.1. The molecule has 3 heteroatoms. The molecule has 1 N–H and O–H groups in total. The second-order valence-corrected chi connectivity index (χ2v) is 8.17. The Labute approximate surface area is 167 Å². The number of hydrogen-bond donors (Lipinski definition) is 1. The first kappa shape index (κ1) is 18.9. The smallest absolute Gasteiger partial charge is 0.123 e. The second-order valence-electron chi connectivity index (χ2n) is 8.17. The quantitative estimate of drug-likeness (QED) is 0.555. The zero-order valence-electron chi connectivity index (χ0n) is 16.6. The van der Waals surface area contributed by atoms with Crippen LogP contribution in [0.1, 0.15) is 24.5 Å². The van der Waals surface area contributed by atoms with E-state index in [4.69, 9.17) is 0 Å². The highest BCUT2D eigenvalue weighted by atomic mass is 19.1. The Kier molecular flexibility index (Phi) is 5.63. The van der Waals surface area contributed by atoms with Crippen LogP contribution in [0.3, 0.4) is 0 Å². The summed E-state index contributed by atoms with van der Waals surface area (Å²) in [5.74, 6) is 0.985. The number of piperidine rings is 1. The Morgan fingerprint density at radius 2 is 2.04 bits per heavy atom. The number of hydrogen-bond acceptors (Lipinski definition) is 1. The summed E-state index contributed by atoms with van der Waals surface area (Å²) in [4.78, 5) is 5.87. The molecule has 0 saturated carbocycles. The van der Waals surface area contributed by atoms with E-state index < -0.39 is 0 Å². The molecule has 2 nitrogen and oxygen atoms in total. The van der Waals surface area contributed by atoms with Gasteiger partial charge in [-0.3, -0.25) is 4.90 Å². The first-order chi connectivity index (χ1) is 13.6. The molecule has 0 spiro atoms. The molecular formula is C25H29FN2. The highest BCUT2D eigenvalue weighted by Crippen LogP contribution is 2.31. The lowest BCUT2D eigenvalue weighted by Crippen LogP contribution is -2.48. The molecule has 1 saturated heterocycles. The maximum Gasteiger partial charge on any atom is 0.123 e. The summed E-state index contributed by atoms with van der Waals surface area (Å²) in [6.07, 6.45) is 7.40. The van der Waals surface area contributed by atoms with E-state index >= 15 is 0 Å². The Morgan fingerprint density at radius 1 is 1.21 bits per heavy atom. The highest BCUT2D eigenvalue weighted by Gasteiger charge is 2.32. The number of aromatic amines is 1. The maximum atomic E-state index is 13.7. The van der Waals surface area contributed by atoms with E-state index in [1.54, 1.807) is 6.07 Å². The van der Waals surface area contributed by atoms with E-state index in [0.717, 1.165) is 36.8 Å². The fourth-order valence-corrected chi connectivity index (χ4v) is 4.68. The second kappa shape index (κ2) is 8.32. The molecular weight excluding hydrogens is 347 g/mol. The third-order valence-electron chi connectivity index (χ3n) is 6.40. The van der Waals surface area contributed by atoms with Crippen LogP contribution in [0, 0.1) is 17.7 Å². The van der Waals surface area contributed by atoms with E-state index in [9.17, 15) is 4.39 Å². The van der Waals surface area contributed by atoms with Gasteiger partial charge in [0, 0.05) is 36.2 Å². The van der Waals surface area contributed by atoms with Gasteiger partial charge in [-0.05, 0) is 67.3 Å². The minimum Gasteiger partial charge on any atom is -0.361 e. The lowest BCUT2D eigenvalue weighted by Gasteiger charge is -2.43. The largest absolute Gasteiger partial charge is 0.361 e. The molecule has 3 atom stereocenters. The molecule has 2 aromatic carbocycles. The number of nitrogens with one attached hydrogen (secondary N) is 1. The first-order valence-corrected chi connectivity index (χ1v) is 10.3. The van der Waals surface area contributed by atoms with Gasteiger partial charge in [0.2, 0.25) is 0 Å². The van der Waals surface area contributed by atoms with E-state index in [1.807, 2.05) is 12.3 Å². The van der Waals surface area contributed by atoms with Crippen molar-refractivity contribution in [2.45, 2.75) is 32.2 Å². The molecule has 146 valence electrons. The zero-order valence-corrected chi connectivity index (χ0v) is 16.6. The first-order valence-electron chi connectivity index (χ1n) is 10.3. The van der Waals surface area contributed by atoms with E-state index in [0.29, 0.717) is 17.9 Å². The number of fused-ring (bicyclic) bond motifs is 1. The summed E-state index contributed by atoms with van der Waals surface area (Å²) < 4.78 is 13.7. The van der Waals surface area contributed by atoms with Gasteiger partial charge in [0.05, 0.1) is 0 Å². The van der Waals surface area contributed by atoms with Gasteiger partial charge in [-0.1, -0.05) is 36.4 Å². The molecule has 0 aliphatic carbocycles. The van der Waals surface area contributed by atoms with Gasteiger partial charge >= 0.3 is 0 Å². The van der Waals surface area contributed by atoms with Crippen molar-refractivity contribution in [2.75, 3.05) is 13.1 Å². The van der Waals surface area contributed by atoms with Crippen molar-refractivity contribution in [3.63, 3.8) is 0 Å². The van der Waals surface area contributed by atoms with Crippen LogP contribution in [-0.2, 0) is 12.8 Å². The third kappa shape index (κ3) is 4.05. The highest BCUT2D eigenvalue weighted by molar-refractivity contribution is 5.83. The van der Waals surface area contributed by atoms with E-state index in [1.165, 1.54) is 23.6 Å². The van der Waals surface area contributed by atoms with Crippen molar-refractivity contribution in [1.29, 1.82) is 0 Å². The fraction of sp³-hybridized carbons (Fsp3) is 0.360. The molecule has 1 aliphatic heterocycles. The maximum absolute atomic E-state index is 13.7. The van der Waals surface area contributed by atoms with Gasteiger partial charge in [-0.2, -0.15) is 0 Å². The van der Waals surface area contributed by atoms with Crippen molar-refractivity contribution in [1.82, 2.24) is 9.88 Å². The van der Waals surface area contributed by atoms with Crippen LogP contribution in [0.25, 0.3) is 10.9 Å². The Morgan fingerprint density at radius 3 is 2.82 bits per heavy atom. The number of benzene rings is 2. The van der Waals surface area contributed by atoms with Crippen LogP contribution in [0.15, 0.2) is 67.4 Å². The Bertz CT molecular complexity index is 930. The number of H-pyrrole nitrogens is 1. The van der Waals surface area contributed by atoms with Gasteiger partial charge in [0.1, 0.15) is 5.82 Å². The fourth-order valence-electron chi connectivity index (χ4n) is 4.68. The molecule has 3 aromatic rings. The lowest BCUT2D eigenvalue weighted by atomic mass is 9.80. The number of rotatable bonds is 6. The van der Waals surface area contributed by atoms with Gasteiger partial charge < -0.3 is 4.98 Å². The molecule has 28 heavy (non-hydrogen) atoms. The molecule has 0 bridgehead atoms. The molecule has 0 radical (unpaired) electrons. The minimum atomic E-state index is -0.172. The zero-order chi connectivity index (χ0) is 19.5. The predicted molar refractivity (Wildman–Crippen MR) is 115 cm³/mol. The van der Waals surface area contributed by atoms with E-state index in [-0.39, 0.29) is 5.82 Å². The van der Waals surface area contributed by atoms with Crippen molar-refractivity contribution < 1.29 is 4.39 Å². The third-order valence-corrected chi connectivity index (χ3v) is 6.40. The SMILES string of the molecule is C=CC1CC(Cc2ccccc2)C(C)N(CCc2c[nH]c3ccc(F)cc23)C1. The molecule has 3 unspecified atom stereocenters. The van der Waals surface area contributed by atoms with Crippen molar-refractivity contribution in [3.05, 3.63) is 84.3 Å². The number of nitrogens with zero attached hydrogens (tertiary/aromatic N) is 1. The Hall–Kier alpha value is -2.39. The summed E-state index contributed by atoms with van der Waals surface area (Å²) in [5.41, 5.74) is 3.62. The van der Waals surface area contributed by atoms with Crippen LogP contribution >= 0.6 is 0 Å². The predicted octanol–water partition coefficient (Wildman–Crippen LogP) is 5.60. The monoisotopic (exact) mass is 376 g/mol. The topological polar surface area (TPSA) is 19.0 Å². The van der Waals surface area contributed by atoms with E-state index in [2.05, 4.69) is 59.8 Å². The Balaban J connectivity index is 1.47.